The van der Waals surface area contributed by atoms with E-state index < -0.39 is 86.1 Å². The number of nitrogens with zero attached hydrogens (tertiary/aromatic N) is 7. The Hall–Kier alpha value is -3.54. The fraction of sp³-hybridized carbons (Fsp3) is 0.500. The number of fused-ring (bicyclic) bond motifs is 5. The molecule has 3 saturated heterocycles. The number of aromatic amines is 1. The maximum atomic E-state index is 15.8. The lowest BCUT2D eigenvalue weighted by Crippen LogP contribution is -2.43. The molecule has 0 aliphatic carbocycles. The Morgan fingerprint density at radius 3 is 2.48 bits per heavy atom. The Bertz CT molecular complexity index is 1960. The van der Waals surface area contributed by atoms with Gasteiger partial charge in [0.1, 0.15) is 30.2 Å². The largest absolute Gasteiger partial charge is 0.756 e. The first-order chi connectivity index (χ1) is 20.9. The number of phosphoric ester groups is 1. The van der Waals surface area contributed by atoms with Gasteiger partial charge < -0.3 is 34.1 Å². The van der Waals surface area contributed by atoms with Crippen molar-refractivity contribution >= 4 is 46.3 Å². The van der Waals surface area contributed by atoms with Crippen LogP contribution in [-0.2, 0) is 37.6 Å². The molecule has 20 nitrogen and oxygen atoms in total. The van der Waals surface area contributed by atoms with Gasteiger partial charge in [-0.3, -0.25) is 18.5 Å². The van der Waals surface area contributed by atoms with Gasteiger partial charge in [0, 0.05) is 6.54 Å². The van der Waals surface area contributed by atoms with Gasteiger partial charge in [-0.2, -0.15) is 13.1 Å². The van der Waals surface area contributed by atoms with Crippen LogP contribution in [0.15, 0.2) is 30.1 Å². The summed E-state index contributed by atoms with van der Waals surface area (Å²) < 4.78 is 101. The Morgan fingerprint density at radius 2 is 1.68 bits per heavy atom. The summed E-state index contributed by atoms with van der Waals surface area (Å²) in [4.78, 5) is 46.9. The quantitative estimate of drug-likeness (QED) is 0.198. The number of hydrogen-bond acceptors (Lipinski definition) is 16. The number of halogens is 2. The highest BCUT2D eigenvalue weighted by atomic mass is 32.2. The van der Waals surface area contributed by atoms with E-state index in [1.165, 1.54) is 0 Å². The fourth-order valence-corrected chi connectivity index (χ4v) is 7.05. The van der Waals surface area contributed by atoms with Gasteiger partial charge in [-0.1, -0.05) is 0 Å². The highest BCUT2D eigenvalue weighted by Crippen LogP contribution is 2.47. The van der Waals surface area contributed by atoms with Crippen molar-refractivity contribution in [1.82, 2.24) is 43.8 Å². The van der Waals surface area contributed by atoms with Gasteiger partial charge in [-0.15, -0.1) is 0 Å². The van der Waals surface area contributed by atoms with E-state index in [1.54, 1.807) is 0 Å². The van der Waals surface area contributed by atoms with Crippen molar-refractivity contribution in [3.8, 4) is 0 Å². The van der Waals surface area contributed by atoms with Crippen LogP contribution < -0.4 is 20.9 Å². The molecule has 1 unspecified atom stereocenters. The number of rotatable bonds is 2. The molecule has 2 bridgehead atoms. The highest BCUT2D eigenvalue weighted by Gasteiger charge is 2.53. The van der Waals surface area contributed by atoms with Crippen LogP contribution in [0.5, 0.6) is 0 Å². The van der Waals surface area contributed by atoms with E-state index in [-0.39, 0.29) is 28.1 Å². The van der Waals surface area contributed by atoms with Crippen molar-refractivity contribution in [2.75, 3.05) is 18.9 Å². The molecule has 4 aromatic heterocycles. The van der Waals surface area contributed by atoms with Gasteiger partial charge in [0.15, 0.2) is 53.5 Å². The van der Waals surface area contributed by atoms with Crippen molar-refractivity contribution in [2.24, 2.45) is 0 Å². The van der Waals surface area contributed by atoms with E-state index >= 15 is 8.78 Å². The summed E-state index contributed by atoms with van der Waals surface area (Å²) in [5, 5.41) is 0. The van der Waals surface area contributed by atoms with Gasteiger partial charge in [-0.05, 0) is 0 Å². The summed E-state index contributed by atoms with van der Waals surface area (Å²) in [6.07, 6.45) is -10.7. The van der Waals surface area contributed by atoms with E-state index in [4.69, 9.17) is 28.4 Å². The first-order valence-corrected chi connectivity index (χ1v) is 15.5. The van der Waals surface area contributed by atoms with E-state index in [0.717, 1.165) is 34.4 Å². The van der Waals surface area contributed by atoms with Crippen LogP contribution in [0.1, 0.15) is 12.5 Å². The molecule has 0 spiro atoms. The van der Waals surface area contributed by atoms with Crippen molar-refractivity contribution in [2.45, 2.75) is 49.2 Å². The van der Waals surface area contributed by atoms with Crippen LogP contribution in [0.2, 0.25) is 0 Å². The van der Waals surface area contributed by atoms with Crippen molar-refractivity contribution in [1.29, 1.82) is 0 Å². The minimum Gasteiger partial charge on any atom is -0.756 e. The fourth-order valence-electron chi connectivity index (χ4n) is 5.18. The number of anilines is 1. The zero-order chi connectivity index (χ0) is 31.0. The van der Waals surface area contributed by atoms with Crippen LogP contribution in [0.4, 0.5) is 14.6 Å². The summed E-state index contributed by atoms with van der Waals surface area (Å²) in [6, 6.07) is 0. The van der Waals surface area contributed by atoms with Crippen molar-refractivity contribution < 1.29 is 49.4 Å². The Labute approximate surface area is 243 Å². The minimum atomic E-state index is -5.42. The molecule has 0 aromatic carbocycles. The summed E-state index contributed by atoms with van der Waals surface area (Å²) in [5.41, 5.74) is 5.02. The first-order valence-electron chi connectivity index (χ1n) is 12.7. The molecular formula is C20H20F2N10O10PS-. The SMILES string of the molecule is Nc1ncnc2c1ncn2[C@@H]1O[C@@H]2CNS(=O)(=O)O[C@@H]3[C@H](F)[C@@H](COP(=O)([O-])O[C@H]2[C@H]1F)O[C@H]3n1cnc2c(=O)[nH]cnc21. The molecule has 0 radical (unpaired) electrons. The number of nitrogens with one attached hydrogen (secondary N) is 2. The number of nitrogens with two attached hydrogens (primary N) is 1. The van der Waals surface area contributed by atoms with Gasteiger partial charge in [0.25, 0.3) is 13.4 Å². The van der Waals surface area contributed by atoms with Gasteiger partial charge in [0.2, 0.25) is 0 Å². The second kappa shape index (κ2) is 10.5. The maximum absolute atomic E-state index is 15.8. The third-order valence-electron chi connectivity index (χ3n) is 7.18. The average Bonchev–Trinajstić information content (AvgIpc) is 3.73. The minimum absolute atomic E-state index is 0.0177. The van der Waals surface area contributed by atoms with E-state index in [9.17, 15) is 22.7 Å². The smallest absolute Gasteiger partial charge is 0.336 e. The number of alkyl halides is 2. The average molecular weight is 661 g/mol. The Kier molecular flexibility index (Phi) is 6.98. The van der Waals surface area contributed by atoms with E-state index in [1.807, 2.05) is 4.72 Å². The molecular weight excluding hydrogens is 641 g/mol. The molecule has 24 heteroatoms. The van der Waals surface area contributed by atoms with Crippen LogP contribution in [0.3, 0.4) is 0 Å². The Balaban J connectivity index is 1.21. The third kappa shape index (κ3) is 4.95. The molecule has 0 amide bonds. The van der Waals surface area contributed by atoms with Crippen LogP contribution >= 0.6 is 7.82 Å². The number of nitrogen functional groups attached to an aromatic ring is 1. The van der Waals surface area contributed by atoms with Gasteiger partial charge in [-0.25, -0.2) is 37.9 Å². The number of imidazole rings is 2. The van der Waals surface area contributed by atoms with E-state index in [0.29, 0.717) is 0 Å². The molecule has 236 valence electrons. The highest BCUT2D eigenvalue weighted by molar-refractivity contribution is 7.84. The zero-order valence-corrected chi connectivity index (χ0v) is 23.5. The second-order valence-electron chi connectivity index (χ2n) is 9.83. The summed E-state index contributed by atoms with van der Waals surface area (Å²) in [6.45, 7) is -1.81. The van der Waals surface area contributed by atoms with Crippen LogP contribution in [0, 0.1) is 0 Å². The third-order valence-corrected chi connectivity index (χ3v) is 9.14. The molecule has 4 aromatic rings. The monoisotopic (exact) mass is 661 g/mol. The molecule has 3 aliphatic heterocycles. The van der Waals surface area contributed by atoms with Gasteiger partial charge >= 0.3 is 10.3 Å². The summed E-state index contributed by atoms with van der Waals surface area (Å²) in [7, 11) is -10.3. The molecule has 9 atom stereocenters. The maximum Gasteiger partial charge on any atom is 0.336 e. The molecule has 3 fully saturated rings. The van der Waals surface area contributed by atoms with Crippen molar-refractivity contribution in [3.63, 3.8) is 0 Å². The second-order valence-corrected chi connectivity index (χ2v) is 12.6. The Morgan fingerprint density at radius 1 is 0.977 bits per heavy atom. The van der Waals surface area contributed by atoms with E-state index in [2.05, 4.69) is 29.9 Å². The number of phosphoric acid groups is 1. The van der Waals surface area contributed by atoms with Gasteiger partial charge in [0.05, 0.1) is 25.6 Å². The van der Waals surface area contributed by atoms with Crippen LogP contribution in [0.25, 0.3) is 22.3 Å². The molecule has 44 heavy (non-hydrogen) atoms. The molecule has 4 N–H and O–H groups in total. The lowest BCUT2D eigenvalue weighted by Gasteiger charge is -2.29. The zero-order valence-electron chi connectivity index (χ0n) is 21.7. The molecule has 7 rings (SSSR count). The molecule has 7 heterocycles. The number of aromatic nitrogens is 8. The lowest BCUT2D eigenvalue weighted by molar-refractivity contribution is -0.235. The first kappa shape index (κ1) is 29.2. The topological polar surface area (TPSA) is 266 Å². The predicted molar refractivity (Wildman–Crippen MR) is 136 cm³/mol. The van der Waals surface area contributed by atoms with Crippen LogP contribution in [-0.4, -0.2) is 97.4 Å². The van der Waals surface area contributed by atoms with Crippen molar-refractivity contribution in [3.05, 3.63) is 35.7 Å². The predicted octanol–water partition coefficient (Wildman–Crippen LogP) is -1.88. The number of ether oxygens (including phenoxy) is 2. The lowest BCUT2D eigenvalue weighted by atomic mass is 10.1. The number of H-pyrrole nitrogens is 1. The molecule has 3 aliphatic rings. The summed E-state index contributed by atoms with van der Waals surface area (Å²) in [5.74, 6) is -0.0177. The standard InChI is InChI=1S/C20H21F2N10O10PS/c21-9-8-2-38-43(34,35)41-13-7(39-19(10(13)22)31-5-28-11-15(23)24-3-25-16(11)31)1-30-44(36,37)42-14(9)20(40-8)32-6-29-12-17(32)26-4-27-18(12)33/h3-10,13-14,19-20,30H,1-2H2,(H,34,35)(H2,23,24,25)(H,26,27,33)/p-1/t7-,8-,9-,10-,13-,14-,19-,20-/m1/s1. The normalized spacial score (nSPS) is 36.1. The molecule has 0 saturated carbocycles. The summed E-state index contributed by atoms with van der Waals surface area (Å²) >= 11 is 0. The number of hydrogen-bond donors (Lipinski definition) is 3.